The van der Waals surface area contributed by atoms with Crippen molar-refractivity contribution in [3.8, 4) is 11.5 Å². The molecule has 0 aromatic heterocycles. The molecule has 0 fully saturated rings. The van der Waals surface area contributed by atoms with Crippen molar-refractivity contribution in [3.05, 3.63) is 35.9 Å². The monoisotopic (exact) mass is 292 g/mol. The van der Waals surface area contributed by atoms with E-state index in [4.69, 9.17) is 4.74 Å². The summed E-state index contributed by atoms with van der Waals surface area (Å²) in [5.41, 5.74) is 0.929. The number of methoxy groups -OCH3 is 1. The number of aliphatic hydroxyl groups is 1. The van der Waals surface area contributed by atoms with Crippen molar-refractivity contribution in [2.45, 2.75) is 45.1 Å². The number of ether oxygens (including phenoxy) is 1. The van der Waals surface area contributed by atoms with E-state index < -0.39 is 6.10 Å². The first-order valence-electron chi connectivity index (χ1n) is 7.31. The van der Waals surface area contributed by atoms with E-state index in [1.165, 1.54) is 13.2 Å². The SMILES string of the molecule is CCCCC(O)/C=C/C(=O)CCc1ccc(O)c(OC)c1. The molecule has 21 heavy (non-hydrogen) atoms. The highest BCUT2D eigenvalue weighted by molar-refractivity contribution is 5.89. The highest BCUT2D eigenvalue weighted by Crippen LogP contribution is 2.26. The molecule has 0 saturated carbocycles. The predicted molar refractivity (Wildman–Crippen MR) is 82.7 cm³/mol. The Labute approximate surface area is 126 Å². The van der Waals surface area contributed by atoms with E-state index in [9.17, 15) is 15.0 Å². The molecule has 4 nitrogen and oxygen atoms in total. The maximum atomic E-state index is 11.7. The lowest BCUT2D eigenvalue weighted by Crippen LogP contribution is -2.03. The highest BCUT2D eigenvalue weighted by atomic mass is 16.5. The standard InChI is InChI=1S/C17H24O4/c1-3-4-5-14(18)9-10-15(19)8-6-13-7-11-16(20)17(12-13)21-2/h7,9-12,14,18,20H,3-6,8H2,1-2H3/b10-9+. The van der Waals surface area contributed by atoms with Gasteiger partial charge in [0.05, 0.1) is 13.2 Å². The average Bonchev–Trinajstić information content (AvgIpc) is 2.49. The van der Waals surface area contributed by atoms with Gasteiger partial charge in [0.15, 0.2) is 17.3 Å². The number of allylic oxidation sites excluding steroid dienone is 1. The number of phenolic OH excluding ortho intramolecular Hbond substituents is 1. The van der Waals surface area contributed by atoms with E-state index in [-0.39, 0.29) is 11.5 Å². The fourth-order valence-electron chi connectivity index (χ4n) is 1.96. The topological polar surface area (TPSA) is 66.8 Å². The van der Waals surface area contributed by atoms with Crippen LogP contribution in [0.15, 0.2) is 30.4 Å². The Bertz CT molecular complexity index is 480. The van der Waals surface area contributed by atoms with E-state index in [0.29, 0.717) is 25.0 Å². The second kappa shape index (κ2) is 9.19. The zero-order valence-corrected chi connectivity index (χ0v) is 12.7. The van der Waals surface area contributed by atoms with Crippen LogP contribution >= 0.6 is 0 Å². The summed E-state index contributed by atoms with van der Waals surface area (Å²) in [4.78, 5) is 11.7. The maximum Gasteiger partial charge on any atom is 0.160 e. The van der Waals surface area contributed by atoms with Gasteiger partial charge in [-0.25, -0.2) is 0 Å². The Hall–Kier alpha value is -1.81. The molecule has 0 aliphatic rings. The molecule has 0 bridgehead atoms. The first kappa shape index (κ1) is 17.2. The third kappa shape index (κ3) is 6.45. The van der Waals surface area contributed by atoms with Crippen molar-refractivity contribution < 1.29 is 19.7 Å². The maximum absolute atomic E-state index is 11.7. The minimum absolute atomic E-state index is 0.0161. The minimum Gasteiger partial charge on any atom is -0.504 e. The molecule has 0 amide bonds. The average molecular weight is 292 g/mol. The van der Waals surface area contributed by atoms with Gasteiger partial charge in [-0.15, -0.1) is 0 Å². The van der Waals surface area contributed by atoms with Crippen LogP contribution in [0, 0.1) is 0 Å². The summed E-state index contributed by atoms with van der Waals surface area (Å²) >= 11 is 0. The summed E-state index contributed by atoms with van der Waals surface area (Å²) in [6, 6.07) is 5.05. The first-order chi connectivity index (χ1) is 10.1. The molecular weight excluding hydrogens is 268 g/mol. The minimum atomic E-state index is -0.539. The van der Waals surface area contributed by atoms with Gasteiger partial charge in [-0.1, -0.05) is 31.9 Å². The number of rotatable bonds is 9. The molecule has 0 spiro atoms. The number of phenols is 1. The van der Waals surface area contributed by atoms with Gasteiger partial charge in [-0.2, -0.15) is 0 Å². The number of aryl methyl sites for hydroxylation is 1. The molecule has 1 aromatic rings. The second-order valence-corrected chi connectivity index (χ2v) is 5.04. The Balaban J connectivity index is 2.44. The molecular formula is C17H24O4. The lowest BCUT2D eigenvalue weighted by molar-refractivity contribution is -0.114. The van der Waals surface area contributed by atoms with E-state index in [1.807, 2.05) is 0 Å². The third-order valence-electron chi connectivity index (χ3n) is 3.26. The van der Waals surface area contributed by atoms with Crippen molar-refractivity contribution in [2.75, 3.05) is 7.11 Å². The number of carbonyl (C=O) groups is 1. The van der Waals surface area contributed by atoms with Crippen LogP contribution < -0.4 is 4.74 Å². The molecule has 116 valence electrons. The number of hydrogen-bond donors (Lipinski definition) is 2. The lowest BCUT2D eigenvalue weighted by atomic mass is 10.1. The van der Waals surface area contributed by atoms with E-state index in [2.05, 4.69) is 6.92 Å². The molecule has 1 unspecified atom stereocenters. The van der Waals surface area contributed by atoms with E-state index in [1.54, 1.807) is 24.3 Å². The normalized spacial score (nSPS) is 12.5. The molecule has 0 aliphatic carbocycles. The molecule has 1 atom stereocenters. The third-order valence-corrected chi connectivity index (χ3v) is 3.26. The fraction of sp³-hybridized carbons (Fsp3) is 0.471. The van der Waals surface area contributed by atoms with Crippen LogP contribution in [0.25, 0.3) is 0 Å². The van der Waals surface area contributed by atoms with Gasteiger partial charge >= 0.3 is 0 Å². The molecule has 4 heteroatoms. The van der Waals surface area contributed by atoms with Crippen LogP contribution in [0.1, 0.15) is 38.2 Å². The summed E-state index contributed by atoms with van der Waals surface area (Å²) < 4.78 is 5.03. The molecule has 0 aliphatic heterocycles. The van der Waals surface area contributed by atoms with Gasteiger partial charge in [0.1, 0.15) is 0 Å². The van der Waals surface area contributed by atoms with Gasteiger partial charge in [0.2, 0.25) is 0 Å². The van der Waals surface area contributed by atoms with Gasteiger partial charge in [-0.05, 0) is 36.6 Å². The van der Waals surface area contributed by atoms with Crippen molar-refractivity contribution in [1.29, 1.82) is 0 Å². The summed E-state index contributed by atoms with van der Waals surface area (Å²) in [5.74, 6) is 0.481. The van der Waals surface area contributed by atoms with Crippen molar-refractivity contribution in [2.24, 2.45) is 0 Å². The molecule has 0 saturated heterocycles. The summed E-state index contributed by atoms with van der Waals surface area (Å²) in [6.07, 6.45) is 6.09. The van der Waals surface area contributed by atoms with Gasteiger partial charge in [0, 0.05) is 6.42 Å². The Morgan fingerprint density at radius 2 is 2.19 bits per heavy atom. The molecule has 1 rings (SSSR count). The van der Waals surface area contributed by atoms with Gasteiger partial charge in [0.25, 0.3) is 0 Å². The number of benzene rings is 1. The zero-order valence-electron chi connectivity index (χ0n) is 12.7. The van der Waals surface area contributed by atoms with Gasteiger partial charge in [-0.3, -0.25) is 4.79 Å². The van der Waals surface area contributed by atoms with E-state index in [0.717, 1.165) is 18.4 Å². The predicted octanol–water partition coefficient (Wildman–Crippen LogP) is 3.01. The van der Waals surface area contributed by atoms with Crippen LogP contribution in [0.5, 0.6) is 11.5 Å². The second-order valence-electron chi connectivity index (χ2n) is 5.04. The van der Waals surface area contributed by atoms with Crippen molar-refractivity contribution in [3.63, 3.8) is 0 Å². The van der Waals surface area contributed by atoms with Crippen molar-refractivity contribution >= 4 is 5.78 Å². The Morgan fingerprint density at radius 3 is 2.86 bits per heavy atom. The number of carbonyl (C=O) groups excluding carboxylic acids is 1. The number of aliphatic hydroxyl groups excluding tert-OH is 1. The van der Waals surface area contributed by atoms with E-state index >= 15 is 0 Å². The van der Waals surface area contributed by atoms with Crippen LogP contribution in [-0.4, -0.2) is 29.2 Å². The fourth-order valence-corrected chi connectivity index (χ4v) is 1.96. The smallest absolute Gasteiger partial charge is 0.160 e. The van der Waals surface area contributed by atoms with Crippen LogP contribution in [0.2, 0.25) is 0 Å². The zero-order chi connectivity index (χ0) is 15.7. The molecule has 1 aromatic carbocycles. The quantitative estimate of drug-likeness (QED) is 0.687. The summed E-state index contributed by atoms with van der Waals surface area (Å²) in [6.45, 7) is 2.06. The number of hydrogen-bond acceptors (Lipinski definition) is 4. The van der Waals surface area contributed by atoms with Crippen LogP contribution in [0.3, 0.4) is 0 Å². The highest BCUT2D eigenvalue weighted by Gasteiger charge is 2.05. The summed E-state index contributed by atoms with van der Waals surface area (Å²) in [5, 5.41) is 19.1. The Kier molecular flexibility index (Phi) is 7.54. The van der Waals surface area contributed by atoms with Crippen molar-refractivity contribution in [1.82, 2.24) is 0 Å². The van der Waals surface area contributed by atoms with Crippen LogP contribution in [-0.2, 0) is 11.2 Å². The molecule has 0 radical (unpaired) electrons. The number of unbranched alkanes of at least 4 members (excludes halogenated alkanes) is 1. The summed E-state index contributed by atoms with van der Waals surface area (Å²) in [7, 11) is 1.49. The number of ketones is 1. The first-order valence-corrected chi connectivity index (χ1v) is 7.31. The molecule has 0 heterocycles. The molecule has 2 N–H and O–H groups in total. The lowest BCUT2D eigenvalue weighted by Gasteiger charge is -2.06. The van der Waals surface area contributed by atoms with Gasteiger partial charge < -0.3 is 14.9 Å². The Morgan fingerprint density at radius 1 is 1.43 bits per heavy atom. The van der Waals surface area contributed by atoms with Crippen LogP contribution in [0.4, 0.5) is 0 Å². The number of aromatic hydroxyl groups is 1. The largest absolute Gasteiger partial charge is 0.504 e.